The molecule has 2 rings (SSSR count). The maximum Gasteiger partial charge on any atom is 0.358 e. The van der Waals surface area contributed by atoms with Crippen LogP contribution < -0.4 is 0 Å². The zero-order valence-electron chi connectivity index (χ0n) is 14.0. The Balaban J connectivity index is 0.000000231. The van der Waals surface area contributed by atoms with Crippen LogP contribution in [0.25, 0.3) is 0 Å². The summed E-state index contributed by atoms with van der Waals surface area (Å²) in [6, 6.07) is 0.255. The van der Waals surface area contributed by atoms with E-state index in [0.717, 1.165) is 5.82 Å². The molecule has 0 amide bonds. The van der Waals surface area contributed by atoms with Gasteiger partial charge in [-0.15, -0.1) is 0 Å². The van der Waals surface area contributed by atoms with Crippen molar-refractivity contribution < 1.29 is 19.4 Å². The second-order valence-corrected chi connectivity index (χ2v) is 5.07. The Bertz CT molecular complexity index is 673. The molecule has 2 aromatic heterocycles. The number of hydrogen-bond donors (Lipinski definition) is 2. The van der Waals surface area contributed by atoms with E-state index in [9.17, 15) is 9.59 Å². The lowest BCUT2D eigenvalue weighted by atomic mass is 10.4. The summed E-state index contributed by atoms with van der Waals surface area (Å²) < 4.78 is 6.56. The number of nitrogens with one attached hydrogen (secondary N) is 1. The molecule has 0 saturated carbocycles. The van der Waals surface area contributed by atoms with Gasteiger partial charge in [0, 0.05) is 18.4 Å². The molecule has 0 bridgehead atoms. The molecule has 2 aromatic rings. The van der Waals surface area contributed by atoms with Crippen LogP contribution >= 0.6 is 0 Å². The van der Waals surface area contributed by atoms with E-state index >= 15 is 0 Å². The summed E-state index contributed by atoms with van der Waals surface area (Å²) in [7, 11) is 0. The third kappa shape index (κ3) is 5.24. The number of ether oxygens (including phenoxy) is 1. The number of carbonyl (C=O) groups is 2. The largest absolute Gasteiger partial charge is 0.476 e. The number of aryl methyl sites for hydroxylation is 2. The van der Waals surface area contributed by atoms with E-state index in [4.69, 9.17) is 9.84 Å². The van der Waals surface area contributed by atoms with Crippen LogP contribution in [0, 0.1) is 13.8 Å². The molecular formula is C15H22N4O4. The SMILES string of the molecule is CCOC(=O)c1c[nH]c(C)n1.Cc1nc(C(=O)O)cn1C(C)C. The summed E-state index contributed by atoms with van der Waals surface area (Å²) in [5.74, 6) is 0.102. The van der Waals surface area contributed by atoms with E-state index in [1.165, 1.54) is 6.20 Å². The number of carbonyl (C=O) groups excluding carboxylic acids is 1. The topological polar surface area (TPSA) is 110 Å². The minimum Gasteiger partial charge on any atom is -0.476 e. The number of aromatic nitrogens is 4. The number of imidazole rings is 2. The van der Waals surface area contributed by atoms with Gasteiger partial charge in [0.1, 0.15) is 11.6 Å². The van der Waals surface area contributed by atoms with Gasteiger partial charge in [-0.3, -0.25) is 0 Å². The van der Waals surface area contributed by atoms with Gasteiger partial charge in [0.15, 0.2) is 11.4 Å². The third-order valence-corrected chi connectivity index (χ3v) is 2.88. The Hall–Kier alpha value is -2.64. The average molecular weight is 322 g/mol. The molecule has 0 aromatic carbocycles. The van der Waals surface area contributed by atoms with Crippen LogP contribution in [0.3, 0.4) is 0 Å². The zero-order valence-corrected chi connectivity index (χ0v) is 14.0. The van der Waals surface area contributed by atoms with Crippen LogP contribution in [0.15, 0.2) is 12.4 Å². The average Bonchev–Trinajstić information content (AvgIpc) is 3.06. The highest BCUT2D eigenvalue weighted by molar-refractivity contribution is 5.87. The third-order valence-electron chi connectivity index (χ3n) is 2.88. The highest BCUT2D eigenvalue weighted by Crippen LogP contribution is 2.09. The molecule has 126 valence electrons. The van der Waals surface area contributed by atoms with Crippen LogP contribution in [0.2, 0.25) is 0 Å². The fourth-order valence-corrected chi connectivity index (χ4v) is 1.84. The maximum absolute atomic E-state index is 11.0. The number of rotatable bonds is 4. The number of nitrogens with zero attached hydrogens (tertiary/aromatic N) is 3. The molecule has 23 heavy (non-hydrogen) atoms. The van der Waals surface area contributed by atoms with Gasteiger partial charge >= 0.3 is 11.9 Å². The maximum atomic E-state index is 11.0. The Morgan fingerprint density at radius 2 is 1.96 bits per heavy atom. The van der Waals surface area contributed by atoms with E-state index in [1.54, 1.807) is 27.0 Å². The number of esters is 1. The number of carboxylic acid groups (broad SMARTS) is 1. The van der Waals surface area contributed by atoms with E-state index < -0.39 is 5.97 Å². The highest BCUT2D eigenvalue weighted by Gasteiger charge is 2.11. The molecule has 0 fully saturated rings. The van der Waals surface area contributed by atoms with E-state index in [1.807, 2.05) is 18.4 Å². The lowest BCUT2D eigenvalue weighted by Gasteiger charge is -2.07. The molecule has 2 N–H and O–H groups in total. The lowest BCUT2D eigenvalue weighted by molar-refractivity contribution is 0.0519. The van der Waals surface area contributed by atoms with Gasteiger partial charge in [0.25, 0.3) is 0 Å². The monoisotopic (exact) mass is 322 g/mol. The van der Waals surface area contributed by atoms with Crippen molar-refractivity contribution in [2.45, 2.75) is 40.7 Å². The van der Waals surface area contributed by atoms with Gasteiger partial charge in [0.05, 0.1) is 6.61 Å². The molecule has 0 aliphatic heterocycles. The van der Waals surface area contributed by atoms with E-state index in [0.29, 0.717) is 18.1 Å². The molecular weight excluding hydrogens is 300 g/mol. The molecule has 8 heteroatoms. The van der Waals surface area contributed by atoms with Crippen LogP contribution in [0.1, 0.15) is 59.4 Å². The second kappa shape index (κ2) is 8.11. The molecule has 0 spiro atoms. The van der Waals surface area contributed by atoms with Crippen molar-refractivity contribution in [2.75, 3.05) is 6.61 Å². The molecule has 2 heterocycles. The first-order valence-corrected chi connectivity index (χ1v) is 7.24. The fraction of sp³-hybridized carbons (Fsp3) is 0.467. The first-order valence-electron chi connectivity index (χ1n) is 7.24. The van der Waals surface area contributed by atoms with Gasteiger partial charge in [0.2, 0.25) is 0 Å². The van der Waals surface area contributed by atoms with E-state index in [-0.39, 0.29) is 17.7 Å². The number of H-pyrrole nitrogens is 1. The predicted molar refractivity (Wildman–Crippen MR) is 83.6 cm³/mol. The van der Waals surface area contributed by atoms with Crippen molar-refractivity contribution >= 4 is 11.9 Å². The normalized spacial score (nSPS) is 10.2. The first-order chi connectivity index (χ1) is 10.8. The number of aromatic amines is 1. The number of aromatic carboxylic acids is 1. The molecule has 0 aliphatic carbocycles. The summed E-state index contributed by atoms with van der Waals surface area (Å²) in [5.41, 5.74) is 0.450. The Labute approximate surface area is 134 Å². The van der Waals surface area contributed by atoms with Crippen molar-refractivity contribution in [1.29, 1.82) is 0 Å². The van der Waals surface area contributed by atoms with Gasteiger partial charge < -0.3 is 19.4 Å². The summed E-state index contributed by atoms with van der Waals surface area (Å²) >= 11 is 0. The molecule has 0 aliphatic rings. The fourth-order valence-electron chi connectivity index (χ4n) is 1.84. The predicted octanol–water partition coefficient (Wildman–Crippen LogP) is 2.37. The van der Waals surface area contributed by atoms with Crippen LogP contribution in [-0.2, 0) is 4.74 Å². The highest BCUT2D eigenvalue weighted by atomic mass is 16.5. The Kier molecular flexibility index (Phi) is 6.49. The van der Waals surface area contributed by atoms with E-state index in [2.05, 4.69) is 15.0 Å². The molecule has 0 radical (unpaired) electrons. The smallest absolute Gasteiger partial charge is 0.358 e. The van der Waals surface area contributed by atoms with Crippen molar-refractivity contribution in [1.82, 2.24) is 19.5 Å². The van der Waals surface area contributed by atoms with Crippen LogP contribution in [0.5, 0.6) is 0 Å². The minimum absolute atomic E-state index is 0.112. The van der Waals surface area contributed by atoms with Gasteiger partial charge in [-0.2, -0.15) is 0 Å². The number of carboxylic acids is 1. The van der Waals surface area contributed by atoms with Gasteiger partial charge in [-0.1, -0.05) is 0 Å². The van der Waals surface area contributed by atoms with Crippen molar-refractivity contribution in [3.05, 3.63) is 35.4 Å². The Morgan fingerprint density at radius 3 is 2.30 bits per heavy atom. The number of hydrogen-bond acceptors (Lipinski definition) is 5. The molecule has 0 unspecified atom stereocenters. The standard InChI is InChI=1S/C8H12N2O2.C7H10N2O2/c1-5(2)10-4-7(8(11)12)9-6(10)3;1-3-11-7(10)6-4-8-5(2)9-6/h4-5H,1-3H3,(H,11,12);4H,3H2,1-2H3,(H,8,9). The summed E-state index contributed by atoms with van der Waals surface area (Å²) in [5, 5.41) is 8.63. The van der Waals surface area contributed by atoms with Crippen LogP contribution in [-0.4, -0.2) is 43.2 Å². The van der Waals surface area contributed by atoms with Gasteiger partial charge in [-0.05, 0) is 34.6 Å². The Morgan fingerprint density at radius 1 is 1.30 bits per heavy atom. The summed E-state index contributed by atoms with van der Waals surface area (Å²) in [6.07, 6.45) is 3.09. The van der Waals surface area contributed by atoms with Gasteiger partial charge in [-0.25, -0.2) is 19.6 Å². The van der Waals surface area contributed by atoms with Crippen molar-refractivity contribution in [3.63, 3.8) is 0 Å². The molecule has 0 saturated heterocycles. The van der Waals surface area contributed by atoms with Crippen molar-refractivity contribution in [3.8, 4) is 0 Å². The molecule has 0 atom stereocenters. The summed E-state index contributed by atoms with van der Waals surface area (Å²) in [4.78, 5) is 32.1. The quantitative estimate of drug-likeness (QED) is 0.836. The zero-order chi connectivity index (χ0) is 17.6. The first kappa shape index (κ1) is 18.4. The van der Waals surface area contributed by atoms with Crippen molar-refractivity contribution in [2.24, 2.45) is 0 Å². The lowest BCUT2D eigenvalue weighted by Crippen LogP contribution is -2.04. The summed E-state index contributed by atoms with van der Waals surface area (Å²) in [6.45, 7) is 9.69. The van der Waals surface area contributed by atoms with Crippen LogP contribution in [0.4, 0.5) is 0 Å². The molecule has 8 nitrogen and oxygen atoms in total. The minimum atomic E-state index is -0.975. The second-order valence-electron chi connectivity index (χ2n) is 5.07.